The van der Waals surface area contributed by atoms with E-state index >= 15 is 0 Å². The van der Waals surface area contributed by atoms with Gasteiger partial charge < -0.3 is 16.2 Å². The summed E-state index contributed by atoms with van der Waals surface area (Å²) < 4.78 is 26.9. The van der Waals surface area contributed by atoms with Gasteiger partial charge in [0.25, 0.3) is 5.91 Å². The van der Waals surface area contributed by atoms with Crippen molar-refractivity contribution < 1.29 is 23.1 Å². The minimum absolute atomic E-state index is 0.0134. The second-order valence-corrected chi connectivity index (χ2v) is 9.94. The van der Waals surface area contributed by atoms with Crippen LogP contribution in [0.5, 0.6) is 0 Å². The molecular weight excluding hydrogens is 516 g/mol. The van der Waals surface area contributed by atoms with Crippen molar-refractivity contribution in [1.82, 2.24) is 10.0 Å². The van der Waals surface area contributed by atoms with Gasteiger partial charge in [-0.1, -0.05) is 63.2 Å². The summed E-state index contributed by atoms with van der Waals surface area (Å²) >= 11 is 0. The Bertz CT molecular complexity index is 1370. The molecule has 6 N–H and O–H groups in total. The zero-order valence-corrected chi connectivity index (χ0v) is 23.9. The lowest BCUT2D eigenvalue weighted by Crippen LogP contribution is -2.26. The highest BCUT2D eigenvalue weighted by Gasteiger charge is 2.17. The van der Waals surface area contributed by atoms with Crippen LogP contribution in [0.15, 0.2) is 71.6 Å². The fraction of sp³-hybridized carbons (Fsp3) is 0.276. The molecule has 0 aliphatic carbocycles. The molecule has 0 heterocycles. The van der Waals surface area contributed by atoms with E-state index in [0.717, 1.165) is 11.1 Å². The van der Waals surface area contributed by atoms with Crippen molar-refractivity contribution in [2.24, 2.45) is 5.73 Å². The Hall–Kier alpha value is -4.02. The molecule has 39 heavy (non-hydrogen) atoms. The van der Waals surface area contributed by atoms with Crippen molar-refractivity contribution in [1.29, 1.82) is 5.41 Å². The Kier molecular flexibility index (Phi) is 13.6. The van der Waals surface area contributed by atoms with Gasteiger partial charge in [0.1, 0.15) is 5.84 Å². The van der Waals surface area contributed by atoms with Crippen LogP contribution in [0.1, 0.15) is 54.2 Å². The summed E-state index contributed by atoms with van der Waals surface area (Å²) in [5.74, 6) is -0.947. The third-order valence-electron chi connectivity index (χ3n) is 5.55. The van der Waals surface area contributed by atoms with Crippen LogP contribution in [0, 0.1) is 12.3 Å². The van der Waals surface area contributed by atoms with E-state index in [2.05, 4.69) is 10.0 Å². The summed E-state index contributed by atoms with van der Waals surface area (Å²) in [4.78, 5) is 22.1. The van der Waals surface area contributed by atoms with E-state index in [1.165, 1.54) is 7.05 Å². The molecule has 0 aliphatic rings. The molecule has 0 saturated heterocycles. The summed E-state index contributed by atoms with van der Waals surface area (Å²) in [5.41, 5.74) is 10.1. The first-order valence-electron chi connectivity index (χ1n) is 12.6. The van der Waals surface area contributed by atoms with Crippen molar-refractivity contribution in [3.8, 4) is 11.1 Å². The van der Waals surface area contributed by atoms with Gasteiger partial charge in [0.15, 0.2) is 0 Å². The zero-order chi connectivity index (χ0) is 29.6. The lowest BCUT2D eigenvalue weighted by atomic mass is 10.0. The smallest absolute Gasteiger partial charge is 0.303 e. The Labute approximate surface area is 231 Å². The number of carboxylic acids is 1. The number of hydrogen-bond donors (Lipinski definition) is 5. The Morgan fingerprint density at radius 2 is 1.54 bits per heavy atom. The molecule has 1 amide bonds. The van der Waals surface area contributed by atoms with Gasteiger partial charge in [-0.3, -0.25) is 15.0 Å². The number of aryl methyl sites for hydroxylation is 1. The number of carbonyl (C=O) groups excluding carboxylic acids is 1. The molecule has 3 rings (SSSR count). The number of rotatable bonds is 9. The molecule has 0 spiro atoms. The summed E-state index contributed by atoms with van der Waals surface area (Å²) in [7, 11) is -2.23. The first-order chi connectivity index (χ1) is 18.5. The molecule has 0 saturated carbocycles. The average Bonchev–Trinajstić information content (AvgIpc) is 2.95. The number of nitrogens with one attached hydrogen (secondary N) is 3. The van der Waals surface area contributed by atoms with Crippen LogP contribution < -0.4 is 15.8 Å². The van der Waals surface area contributed by atoms with E-state index < -0.39 is 16.0 Å². The summed E-state index contributed by atoms with van der Waals surface area (Å²) in [6, 6.07) is 19.1. The molecule has 210 valence electrons. The Balaban J connectivity index is 0.000000975. The van der Waals surface area contributed by atoms with Crippen molar-refractivity contribution in [2.75, 3.05) is 13.6 Å². The summed E-state index contributed by atoms with van der Waals surface area (Å²) in [6.07, 6.45) is 0.839. The molecule has 0 radical (unpaired) electrons. The number of nitrogen functional groups attached to an aromatic ring is 1. The number of carboxylic acid groups (broad SMARTS) is 1. The third kappa shape index (κ3) is 9.99. The maximum absolute atomic E-state index is 12.5. The predicted molar refractivity (Wildman–Crippen MR) is 156 cm³/mol. The van der Waals surface area contributed by atoms with E-state index in [4.69, 9.17) is 16.2 Å². The monoisotopic (exact) mass is 554 g/mol. The quantitative estimate of drug-likeness (QED) is 0.195. The highest BCUT2D eigenvalue weighted by atomic mass is 32.2. The topological polar surface area (TPSA) is 162 Å². The average molecular weight is 555 g/mol. The van der Waals surface area contributed by atoms with E-state index in [0.29, 0.717) is 35.2 Å². The van der Waals surface area contributed by atoms with Crippen molar-refractivity contribution in [2.45, 2.75) is 45.4 Å². The highest BCUT2D eigenvalue weighted by Crippen LogP contribution is 2.27. The molecule has 0 atom stereocenters. The summed E-state index contributed by atoms with van der Waals surface area (Å²) in [5, 5.41) is 18.2. The normalized spacial score (nSPS) is 10.3. The molecule has 3 aromatic carbocycles. The first kappa shape index (κ1) is 33.0. The van der Waals surface area contributed by atoms with E-state index in [9.17, 15) is 18.0 Å². The van der Waals surface area contributed by atoms with Crippen LogP contribution in [-0.4, -0.2) is 44.8 Å². The van der Waals surface area contributed by atoms with Gasteiger partial charge in [-0.05, 0) is 61.3 Å². The largest absolute Gasteiger partial charge is 0.481 e. The van der Waals surface area contributed by atoms with E-state index in [-0.39, 0.29) is 23.1 Å². The first-order valence-corrected chi connectivity index (χ1v) is 14.0. The third-order valence-corrected chi connectivity index (χ3v) is 7.02. The predicted octanol–water partition coefficient (Wildman–Crippen LogP) is 4.33. The lowest BCUT2D eigenvalue weighted by Gasteiger charge is -2.11. The molecule has 3 aromatic rings. The number of hydrogen-bond acceptors (Lipinski definition) is 5. The van der Waals surface area contributed by atoms with Crippen LogP contribution in [0.4, 0.5) is 0 Å². The molecule has 9 nitrogen and oxygen atoms in total. The van der Waals surface area contributed by atoms with E-state index in [1.54, 1.807) is 61.5 Å². The summed E-state index contributed by atoms with van der Waals surface area (Å²) in [6.45, 7) is 8.01. The van der Waals surface area contributed by atoms with Crippen LogP contribution in [-0.2, 0) is 21.2 Å². The standard InChI is InChI=1S/C24H26N4O3S.C3H6O2.C2H6/c1-16-7-8-20(23(25)26)15-19(16)13-14-28-24(29)18-11-9-17(10-12-18)21-5-3-4-6-22(21)32(30,31)27-2;1-2-3(4)5;1-2/h3-12,15,27H,13-14H2,1-2H3,(H3,25,26)(H,28,29);2H2,1H3,(H,4,5);1-2H3. The molecule has 0 unspecified atom stereocenters. The van der Waals surface area contributed by atoms with Crippen LogP contribution in [0.2, 0.25) is 0 Å². The lowest BCUT2D eigenvalue weighted by molar-refractivity contribution is -0.136. The van der Waals surface area contributed by atoms with Crippen molar-refractivity contribution in [3.63, 3.8) is 0 Å². The van der Waals surface area contributed by atoms with Gasteiger partial charge in [0.05, 0.1) is 4.90 Å². The molecule has 0 fully saturated rings. The number of sulfonamides is 1. The second-order valence-electron chi connectivity index (χ2n) is 8.09. The Morgan fingerprint density at radius 3 is 2.08 bits per heavy atom. The molecule has 0 aromatic heterocycles. The van der Waals surface area contributed by atoms with Crippen LogP contribution >= 0.6 is 0 Å². The maximum atomic E-state index is 12.5. The number of aliphatic carboxylic acids is 1. The number of carbonyl (C=O) groups is 2. The molecule has 0 bridgehead atoms. The van der Waals surface area contributed by atoms with E-state index in [1.807, 2.05) is 32.9 Å². The molecule has 0 aliphatic heterocycles. The van der Waals surface area contributed by atoms with Crippen molar-refractivity contribution >= 4 is 27.7 Å². The van der Waals surface area contributed by atoms with Gasteiger partial charge in [-0.2, -0.15) is 0 Å². The number of nitrogens with two attached hydrogens (primary N) is 1. The second kappa shape index (κ2) is 16.1. The van der Waals surface area contributed by atoms with Gasteiger partial charge in [-0.25, -0.2) is 13.1 Å². The minimum Gasteiger partial charge on any atom is -0.481 e. The van der Waals surface area contributed by atoms with Crippen LogP contribution in [0.25, 0.3) is 11.1 Å². The zero-order valence-electron chi connectivity index (χ0n) is 23.0. The van der Waals surface area contributed by atoms with Gasteiger partial charge in [0, 0.05) is 29.7 Å². The number of benzene rings is 3. The maximum Gasteiger partial charge on any atom is 0.303 e. The fourth-order valence-corrected chi connectivity index (χ4v) is 4.32. The van der Waals surface area contributed by atoms with Crippen molar-refractivity contribution in [3.05, 3.63) is 89.0 Å². The molecule has 10 heteroatoms. The molecular formula is C29H38N4O5S. The van der Waals surface area contributed by atoms with Crippen LogP contribution in [0.3, 0.4) is 0 Å². The van der Waals surface area contributed by atoms with Gasteiger partial charge in [-0.15, -0.1) is 0 Å². The highest BCUT2D eigenvalue weighted by molar-refractivity contribution is 7.89. The fourth-order valence-electron chi connectivity index (χ4n) is 3.37. The number of amidine groups is 1. The number of amides is 1. The van der Waals surface area contributed by atoms with Gasteiger partial charge >= 0.3 is 5.97 Å². The Morgan fingerprint density at radius 1 is 0.974 bits per heavy atom. The SMILES string of the molecule is CC.CCC(=O)O.CNS(=O)(=O)c1ccccc1-c1ccc(C(=O)NCCc2cc(C(=N)N)ccc2C)cc1. The van der Waals surface area contributed by atoms with Gasteiger partial charge in [0.2, 0.25) is 10.0 Å². The minimum atomic E-state index is -3.60.